The average Bonchev–Trinajstić information content (AvgIpc) is 3.27. The monoisotopic (exact) mass is 517 g/mol. The number of halogens is 1. The lowest BCUT2D eigenvalue weighted by Gasteiger charge is -2.32. The molecule has 1 fully saturated rings. The molecule has 5 rings (SSSR count). The summed E-state index contributed by atoms with van der Waals surface area (Å²) in [5.41, 5.74) is 2.45. The first-order chi connectivity index (χ1) is 18.2. The smallest absolute Gasteiger partial charge is 0.410 e. The third-order valence-electron chi connectivity index (χ3n) is 6.95. The number of hydrogen-bond donors (Lipinski definition) is 2. The zero-order valence-electron chi connectivity index (χ0n) is 21.8. The first kappa shape index (κ1) is 25.6. The summed E-state index contributed by atoms with van der Waals surface area (Å²) >= 11 is 0. The Labute approximate surface area is 221 Å². The second-order valence-electron chi connectivity index (χ2n) is 10.8. The highest BCUT2D eigenvalue weighted by molar-refractivity contribution is 5.92. The first-order valence-electron chi connectivity index (χ1n) is 12.9. The summed E-state index contributed by atoms with van der Waals surface area (Å²) in [5.74, 6) is 0.480. The molecular weight excluding hydrogens is 485 g/mol. The van der Waals surface area contributed by atoms with Crippen LogP contribution in [-0.4, -0.2) is 45.6 Å². The molecule has 2 N–H and O–H groups in total. The Morgan fingerprint density at radius 2 is 1.68 bits per heavy atom. The van der Waals surface area contributed by atoms with E-state index in [1.165, 1.54) is 12.1 Å². The second kappa shape index (κ2) is 10.4. The maximum atomic E-state index is 13.6. The van der Waals surface area contributed by atoms with Crippen LogP contribution >= 0.6 is 0 Å². The van der Waals surface area contributed by atoms with Gasteiger partial charge in [0.1, 0.15) is 23.1 Å². The Bertz CT molecular complexity index is 1300. The van der Waals surface area contributed by atoms with Gasteiger partial charge < -0.3 is 20.3 Å². The van der Waals surface area contributed by atoms with Gasteiger partial charge in [0, 0.05) is 42.9 Å². The summed E-state index contributed by atoms with van der Waals surface area (Å²) in [7, 11) is 0. The van der Waals surface area contributed by atoms with Gasteiger partial charge in [-0.15, -0.1) is 0 Å². The normalized spacial score (nSPS) is 19.4. The molecule has 1 aromatic carbocycles. The van der Waals surface area contributed by atoms with Crippen LogP contribution in [0.1, 0.15) is 62.3 Å². The van der Waals surface area contributed by atoms with Crippen LogP contribution in [0.3, 0.4) is 0 Å². The number of rotatable bonds is 4. The van der Waals surface area contributed by atoms with E-state index in [1.807, 2.05) is 45.0 Å². The number of pyridine rings is 2. The highest BCUT2D eigenvalue weighted by atomic mass is 19.1. The van der Waals surface area contributed by atoms with Gasteiger partial charge >= 0.3 is 6.09 Å². The van der Waals surface area contributed by atoms with Gasteiger partial charge in [-0.05, 0) is 75.1 Å². The number of fused-ring (bicyclic) bond motifs is 1. The molecule has 8 nitrogen and oxygen atoms in total. The van der Waals surface area contributed by atoms with Gasteiger partial charge in [0.05, 0.1) is 6.04 Å². The summed E-state index contributed by atoms with van der Waals surface area (Å²) in [5, 5.41) is 6.44. The molecule has 2 aromatic heterocycles. The quantitative estimate of drug-likeness (QED) is 0.474. The number of carbonyl (C=O) groups is 2. The van der Waals surface area contributed by atoms with Crippen LogP contribution in [0.15, 0.2) is 60.9 Å². The molecule has 0 saturated carbocycles. The van der Waals surface area contributed by atoms with E-state index in [0.717, 1.165) is 16.7 Å². The van der Waals surface area contributed by atoms with Crippen molar-refractivity contribution in [2.24, 2.45) is 5.92 Å². The predicted octanol–water partition coefficient (Wildman–Crippen LogP) is 5.50. The van der Waals surface area contributed by atoms with Gasteiger partial charge in [-0.3, -0.25) is 9.78 Å². The van der Waals surface area contributed by atoms with E-state index in [4.69, 9.17) is 9.72 Å². The number of nitrogens with zero attached hydrogens (tertiary/aromatic N) is 3. The first-order valence-corrected chi connectivity index (χ1v) is 12.9. The topological polar surface area (TPSA) is 96.5 Å². The molecule has 0 aliphatic carbocycles. The zero-order chi connectivity index (χ0) is 26.9. The number of carbonyl (C=O) groups excluding carboxylic acids is 2. The maximum absolute atomic E-state index is 13.6. The van der Waals surface area contributed by atoms with Gasteiger partial charge in [-0.1, -0.05) is 18.2 Å². The van der Waals surface area contributed by atoms with Gasteiger partial charge in [0.25, 0.3) is 0 Å². The van der Waals surface area contributed by atoms with Crippen molar-refractivity contribution in [3.8, 4) is 0 Å². The number of piperidine rings is 1. The van der Waals surface area contributed by atoms with Crippen molar-refractivity contribution in [1.29, 1.82) is 0 Å². The number of hydrogen-bond acceptors (Lipinski definition) is 6. The Hall–Kier alpha value is -4.01. The number of aromatic nitrogens is 2. The minimum absolute atomic E-state index is 0.0482. The van der Waals surface area contributed by atoms with Crippen molar-refractivity contribution in [2.75, 3.05) is 23.7 Å². The third kappa shape index (κ3) is 5.61. The number of nitrogens with one attached hydrogen (secondary N) is 2. The van der Waals surface area contributed by atoms with Crippen LogP contribution in [0.5, 0.6) is 0 Å². The standard InChI is InChI=1S/C29H32FN5O3/c1-29(2,3)38-28(37)35-16-12-20(13-17-35)27(36)33-23-9-8-22-24(18-10-14-31-15-11-18)25(34-26(22)32-23)19-4-6-21(30)7-5-19/h4-11,14-15,20,24-25H,12-13,16-17H2,1-3H3,(H2,32,33,34,36). The van der Waals surface area contributed by atoms with Crippen molar-refractivity contribution in [3.05, 3.63) is 83.4 Å². The molecule has 9 heteroatoms. The Balaban J connectivity index is 1.29. The molecule has 2 atom stereocenters. The lowest BCUT2D eigenvalue weighted by Crippen LogP contribution is -2.43. The minimum Gasteiger partial charge on any atom is -0.444 e. The predicted molar refractivity (Wildman–Crippen MR) is 142 cm³/mol. The molecule has 0 spiro atoms. The van der Waals surface area contributed by atoms with Gasteiger partial charge in [0.2, 0.25) is 5.91 Å². The lowest BCUT2D eigenvalue weighted by molar-refractivity contribution is -0.121. The highest BCUT2D eigenvalue weighted by Gasteiger charge is 2.36. The average molecular weight is 518 g/mol. The summed E-state index contributed by atoms with van der Waals surface area (Å²) in [6.07, 6.45) is 4.29. The van der Waals surface area contributed by atoms with E-state index < -0.39 is 5.60 Å². The molecule has 4 heterocycles. The fourth-order valence-electron chi connectivity index (χ4n) is 5.08. The zero-order valence-corrected chi connectivity index (χ0v) is 21.8. The Morgan fingerprint density at radius 1 is 1.00 bits per heavy atom. The van der Waals surface area contributed by atoms with Crippen LogP contribution < -0.4 is 10.6 Å². The van der Waals surface area contributed by atoms with Crippen LogP contribution in [0, 0.1) is 11.7 Å². The second-order valence-corrected chi connectivity index (χ2v) is 10.8. The van der Waals surface area contributed by atoms with Gasteiger partial charge in [-0.2, -0.15) is 0 Å². The molecule has 3 aromatic rings. The van der Waals surface area contributed by atoms with Crippen molar-refractivity contribution in [1.82, 2.24) is 14.9 Å². The van der Waals surface area contributed by atoms with E-state index in [-0.39, 0.29) is 35.7 Å². The number of anilines is 2. The van der Waals surface area contributed by atoms with Crippen LogP contribution in [0.4, 0.5) is 20.8 Å². The van der Waals surface area contributed by atoms with Crippen LogP contribution in [-0.2, 0) is 9.53 Å². The fourth-order valence-corrected chi connectivity index (χ4v) is 5.08. The molecular formula is C29H32FN5O3. The summed E-state index contributed by atoms with van der Waals surface area (Å²) in [6, 6.07) is 14.0. The van der Waals surface area contributed by atoms with E-state index in [2.05, 4.69) is 15.6 Å². The number of benzene rings is 1. The summed E-state index contributed by atoms with van der Waals surface area (Å²) in [6.45, 7) is 6.46. The largest absolute Gasteiger partial charge is 0.444 e. The number of ether oxygens (including phenoxy) is 1. The molecule has 0 bridgehead atoms. The van der Waals surface area contributed by atoms with E-state index >= 15 is 0 Å². The summed E-state index contributed by atoms with van der Waals surface area (Å²) in [4.78, 5) is 35.9. The van der Waals surface area contributed by atoms with Crippen LogP contribution in [0.25, 0.3) is 0 Å². The van der Waals surface area contributed by atoms with E-state index in [0.29, 0.717) is 37.6 Å². The molecule has 198 valence electrons. The fraction of sp³-hybridized carbons (Fsp3) is 0.379. The Morgan fingerprint density at radius 3 is 2.34 bits per heavy atom. The maximum Gasteiger partial charge on any atom is 0.410 e. The molecule has 1 saturated heterocycles. The Kier molecular flexibility index (Phi) is 7.01. The third-order valence-corrected chi connectivity index (χ3v) is 6.95. The molecule has 2 amide bonds. The van der Waals surface area contributed by atoms with Crippen molar-refractivity contribution < 1.29 is 18.7 Å². The van der Waals surface area contributed by atoms with Gasteiger partial charge in [-0.25, -0.2) is 14.2 Å². The van der Waals surface area contributed by atoms with E-state index in [1.54, 1.807) is 29.4 Å². The van der Waals surface area contributed by atoms with Gasteiger partial charge in [0.15, 0.2) is 0 Å². The molecule has 2 aliphatic rings. The number of likely N-dealkylation sites (tertiary alicyclic amines) is 1. The van der Waals surface area contributed by atoms with Crippen molar-refractivity contribution in [3.63, 3.8) is 0 Å². The highest BCUT2D eigenvalue weighted by Crippen LogP contribution is 2.47. The lowest BCUT2D eigenvalue weighted by atomic mass is 9.85. The van der Waals surface area contributed by atoms with Crippen LogP contribution in [0.2, 0.25) is 0 Å². The molecule has 2 unspecified atom stereocenters. The minimum atomic E-state index is -0.551. The molecule has 38 heavy (non-hydrogen) atoms. The summed E-state index contributed by atoms with van der Waals surface area (Å²) < 4.78 is 19.0. The van der Waals surface area contributed by atoms with Crippen molar-refractivity contribution in [2.45, 2.75) is 51.2 Å². The number of amides is 2. The molecule has 2 aliphatic heterocycles. The van der Waals surface area contributed by atoms with E-state index in [9.17, 15) is 14.0 Å². The molecule has 0 radical (unpaired) electrons. The van der Waals surface area contributed by atoms with Crippen molar-refractivity contribution >= 4 is 23.6 Å². The SMILES string of the molecule is CC(C)(C)OC(=O)N1CCC(C(=O)Nc2ccc3c(n2)NC(c2ccc(F)cc2)C3c2ccncc2)CC1.